The quantitative estimate of drug-likeness (QED) is 0.793. The number of halogens is 1. The summed E-state index contributed by atoms with van der Waals surface area (Å²) >= 11 is 5.71. The minimum absolute atomic E-state index is 0.195. The fourth-order valence-electron chi connectivity index (χ4n) is 1.79. The largest absolute Gasteiger partial charge is 0.493 e. The van der Waals surface area contributed by atoms with Gasteiger partial charge in [0, 0.05) is 24.5 Å². The molecule has 0 atom stereocenters. The van der Waals surface area contributed by atoms with Gasteiger partial charge in [0.05, 0.1) is 18.7 Å². The van der Waals surface area contributed by atoms with Crippen molar-refractivity contribution in [2.45, 2.75) is 6.54 Å². The SMILES string of the molecule is COc1ccc(C(=O)NCc2ncc(Cl)cn2)cc1OCCN. The summed E-state index contributed by atoms with van der Waals surface area (Å²) in [5.41, 5.74) is 5.86. The van der Waals surface area contributed by atoms with E-state index in [4.69, 9.17) is 26.8 Å². The molecule has 0 saturated heterocycles. The molecular weight excluding hydrogens is 320 g/mol. The molecule has 0 unspecified atom stereocenters. The third-order valence-corrected chi connectivity index (χ3v) is 3.08. The number of aromatic nitrogens is 2. The van der Waals surface area contributed by atoms with Crippen LogP contribution in [0.25, 0.3) is 0 Å². The van der Waals surface area contributed by atoms with Crippen LogP contribution in [-0.2, 0) is 6.54 Å². The van der Waals surface area contributed by atoms with Crippen LogP contribution in [0, 0.1) is 0 Å². The van der Waals surface area contributed by atoms with E-state index in [9.17, 15) is 4.79 Å². The maximum Gasteiger partial charge on any atom is 0.251 e. The van der Waals surface area contributed by atoms with Gasteiger partial charge in [-0.05, 0) is 18.2 Å². The molecule has 3 N–H and O–H groups in total. The van der Waals surface area contributed by atoms with Crippen molar-refractivity contribution in [3.63, 3.8) is 0 Å². The van der Waals surface area contributed by atoms with Crippen LogP contribution in [0.1, 0.15) is 16.2 Å². The average Bonchev–Trinajstić information content (AvgIpc) is 2.58. The second-order valence-corrected chi connectivity index (χ2v) is 4.94. The van der Waals surface area contributed by atoms with Gasteiger partial charge in [0.15, 0.2) is 11.5 Å². The molecule has 122 valence electrons. The molecule has 0 saturated carbocycles. The van der Waals surface area contributed by atoms with Crippen molar-refractivity contribution in [2.24, 2.45) is 5.73 Å². The number of carbonyl (C=O) groups is 1. The summed E-state index contributed by atoms with van der Waals surface area (Å²) < 4.78 is 10.7. The molecule has 8 heteroatoms. The van der Waals surface area contributed by atoms with E-state index >= 15 is 0 Å². The zero-order chi connectivity index (χ0) is 16.7. The highest BCUT2D eigenvalue weighted by Crippen LogP contribution is 2.27. The molecular formula is C15H17ClN4O3. The number of nitrogens with one attached hydrogen (secondary N) is 1. The lowest BCUT2D eigenvalue weighted by Crippen LogP contribution is -2.24. The van der Waals surface area contributed by atoms with Crippen LogP contribution in [0.15, 0.2) is 30.6 Å². The van der Waals surface area contributed by atoms with E-state index in [0.29, 0.717) is 41.1 Å². The summed E-state index contributed by atoms with van der Waals surface area (Å²) in [6.07, 6.45) is 2.95. The van der Waals surface area contributed by atoms with Crippen molar-refractivity contribution in [1.29, 1.82) is 0 Å². The number of methoxy groups -OCH3 is 1. The van der Waals surface area contributed by atoms with Gasteiger partial charge in [-0.3, -0.25) is 4.79 Å². The van der Waals surface area contributed by atoms with Gasteiger partial charge >= 0.3 is 0 Å². The molecule has 0 radical (unpaired) electrons. The molecule has 2 aromatic rings. The maximum absolute atomic E-state index is 12.2. The summed E-state index contributed by atoms with van der Waals surface area (Å²) in [4.78, 5) is 20.2. The monoisotopic (exact) mass is 336 g/mol. The summed E-state index contributed by atoms with van der Waals surface area (Å²) in [5, 5.41) is 3.17. The van der Waals surface area contributed by atoms with Gasteiger partial charge in [0.25, 0.3) is 5.91 Å². The minimum Gasteiger partial charge on any atom is -0.493 e. The Kier molecular flexibility index (Phi) is 6.13. The van der Waals surface area contributed by atoms with E-state index in [-0.39, 0.29) is 12.5 Å². The number of nitrogens with two attached hydrogens (primary N) is 1. The number of amides is 1. The zero-order valence-electron chi connectivity index (χ0n) is 12.6. The third-order valence-electron chi connectivity index (χ3n) is 2.88. The molecule has 0 aliphatic heterocycles. The lowest BCUT2D eigenvalue weighted by molar-refractivity contribution is 0.0949. The van der Waals surface area contributed by atoms with Crippen LogP contribution < -0.4 is 20.5 Å². The molecule has 0 bridgehead atoms. The first-order chi connectivity index (χ1) is 11.1. The molecule has 1 aromatic carbocycles. The van der Waals surface area contributed by atoms with Crippen LogP contribution in [0.5, 0.6) is 11.5 Å². The Bertz CT molecular complexity index is 664. The second-order valence-electron chi connectivity index (χ2n) is 4.50. The molecule has 0 spiro atoms. The van der Waals surface area contributed by atoms with Crippen LogP contribution in [0.2, 0.25) is 5.02 Å². The van der Waals surface area contributed by atoms with Crippen LogP contribution in [0.4, 0.5) is 0 Å². The molecule has 1 heterocycles. The standard InChI is InChI=1S/C15H17ClN4O3/c1-22-12-3-2-10(6-13(12)23-5-4-17)15(21)20-9-14-18-7-11(16)8-19-14/h2-3,6-8H,4-5,9,17H2,1H3,(H,20,21). The summed E-state index contributed by atoms with van der Waals surface area (Å²) in [6, 6.07) is 4.91. The minimum atomic E-state index is -0.274. The Balaban J connectivity index is 2.04. The number of rotatable bonds is 7. The lowest BCUT2D eigenvalue weighted by Gasteiger charge is -2.11. The van der Waals surface area contributed by atoms with Gasteiger partial charge in [0.2, 0.25) is 0 Å². The number of nitrogens with zero attached hydrogens (tertiary/aromatic N) is 2. The number of ether oxygens (including phenoxy) is 2. The van der Waals surface area contributed by atoms with Crippen molar-refractivity contribution < 1.29 is 14.3 Å². The lowest BCUT2D eigenvalue weighted by atomic mass is 10.2. The Morgan fingerprint density at radius 1 is 1.30 bits per heavy atom. The van der Waals surface area contributed by atoms with Gasteiger partial charge in [-0.1, -0.05) is 11.6 Å². The normalized spacial score (nSPS) is 10.2. The van der Waals surface area contributed by atoms with Crippen molar-refractivity contribution in [3.05, 3.63) is 47.0 Å². The summed E-state index contributed by atoms with van der Waals surface area (Å²) in [5.74, 6) is 1.20. The Hall–Kier alpha value is -2.38. The highest BCUT2D eigenvalue weighted by atomic mass is 35.5. The Morgan fingerprint density at radius 2 is 2.04 bits per heavy atom. The first-order valence-electron chi connectivity index (χ1n) is 6.89. The Morgan fingerprint density at radius 3 is 2.70 bits per heavy atom. The van der Waals surface area contributed by atoms with E-state index in [1.165, 1.54) is 19.5 Å². The van der Waals surface area contributed by atoms with Crippen molar-refractivity contribution in [3.8, 4) is 11.5 Å². The fourth-order valence-corrected chi connectivity index (χ4v) is 1.89. The molecule has 23 heavy (non-hydrogen) atoms. The van der Waals surface area contributed by atoms with Gasteiger partial charge < -0.3 is 20.5 Å². The molecule has 0 fully saturated rings. The van der Waals surface area contributed by atoms with Crippen LogP contribution in [0.3, 0.4) is 0 Å². The number of carbonyl (C=O) groups excluding carboxylic acids is 1. The highest BCUT2D eigenvalue weighted by molar-refractivity contribution is 6.30. The molecule has 0 aliphatic carbocycles. The summed E-state index contributed by atoms with van der Waals surface area (Å²) in [6.45, 7) is 0.897. The average molecular weight is 337 g/mol. The van der Waals surface area contributed by atoms with Crippen molar-refractivity contribution in [2.75, 3.05) is 20.3 Å². The van der Waals surface area contributed by atoms with E-state index in [2.05, 4.69) is 15.3 Å². The number of hydrogen-bond acceptors (Lipinski definition) is 6. The maximum atomic E-state index is 12.2. The molecule has 1 aromatic heterocycles. The van der Waals surface area contributed by atoms with E-state index in [1.807, 2.05) is 0 Å². The molecule has 7 nitrogen and oxygen atoms in total. The fraction of sp³-hybridized carbons (Fsp3) is 0.267. The Labute approximate surface area is 138 Å². The first kappa shape index (κ1) is 17.0. The summed E-state index contributed by atoms with van der Waals surface area (Å²) in [7, 11) is 1.53. The van der Waals surface area contributed by atoms with Gasteiger partial charge in [-0.15, -0.1) is 0 Å². The second kappa shape index (κ2) is 8.30. The van der Waals surface area contributed by atoms with E-state index in [1.54, 1.807) is 18.2 Å². The predicted molar refractivity (Wildman–Crippen MR) is 85.8 cm³/mol. The topological polar surface area (TPSA) is 99.4 Å². The van der Waals surface area contributed by atoms with Gasteiger partial charge in [-0.25, -0.2) is 9.97 Å². The smallest absolute Gasteiger partial charge is 0.251 e. The van der Waals surface area contributed by atoms with E-state index < -0.39 is 0 Å². The van der Waals surface area contributed by atoms with Crippen LogP contribution in [-0.4, -0.2) is 36.1 Å². The van der Waals surface area contributed by atoms with Gasteiger partial charge in [-0.2, -0.15) is 0 Å². The van der Waals surface area contributed by atoms with Crippen molar-refractivity contribution in [1.82, 2.24) is 15.3 Å². The molecule has 2 rings (SSSR count). The molecule has 0 aliphatic rings. The first-order valence-corrected chi connectivity index (χ1v) is 7.27. The van der Waals surface area contributed by atoms with Crippen molar-refractivity contribution >= 4 is 17.5 Å². The molecule has 1 amide bonds. The zero-order valence-corrected chi connectivity index (χ0v) is 13.3. The highest BCUT2D eigenvalue weighted by Gasteiger charge is 2.11. The van der Waals surface area contributed by atoms with Gasteiger partial charge in [0.1, 0.15) is 12.4 Å². The van der Waals surface area contributed by atoms with E-state index in [0.717, 1.165) is 0 Å². The third kappa shape index (κ3) is 4.80. The predicted octanol–water partition coefficient (Wildman–Crippen LogP) is 1.41. The van der Waals surface area contributed by atoms with Crippen LogP contribution >= 0.6 is 11.6 Å². The number of hydrogen-bond donors (Lipinski definition) is 2. The number of benzene rings is 1.